The minimum atomic E-state index is 0.222. The second-order valence-electron chi connectivity index (χ2n) is 7.96. The summed E-state index contributed by atoms with van der Waals surface area (Å²) >= 11 is 1.87. The summed E-state index contributed by atoms with van der Waals surface area (Å²) in [6.45, 7) is 21.4. The largest absolute Gasteiger partial charge is 0.310 e. The molecule has 0 radical (unpaired) electrons. The smallest absolute Gasteiger partial charge is 0.262 e. The lowest BCUT2D eigenvalue weighted by Crippen LogP contribution is -2.41. The van der Waals surface area contributed by atoms with Gasteiger partial charge in [0.25, 0.3) is 0 Å². The third kappa shape index (κ3) is 2.96. The Balaban J connectivity index is 3.03. The van der Waals surface area contributed by atoms with E-state index in [1.54, 1.807) is 0 Å². The predicted molar refractivity (Wildman–Crippen MR) is 75.9 cm³/mol. The molecule has 2 nitrogen and oxygen atoms in total. The Morgan fingerprint density at radius 3 is 1.31 bits per heavy atom. The molecular weight excluding hydrogens is 215 g/mol. The van der Waals surface area contributed by atoms with Crippen LogP contribution >= 0.6 is 11.7 Å². The Kier molecular flexibility index (Phi) is 3.22. The van der Waals surface area contributed by atoms with Crippen molar-refractivity contribution in [2.45, 2.75) is 78.5 Å². The van der Waals surface area contributed by atoms with Crippen LogP contribution < -0.4 is 0 Å². The van der Waals surface area contributed by atoms with Gasteiger partial charge < -0.3 is 0 Å². The third-order valence-corrected chi connectivity index (χ3v) is 4.02. The summed E-state index contributed by atoms with van der Waals surface area (Å²) in [4.78, 5) is 0. The maximum atomic E-state index is 2.46. The quantitative estimate of drug-likeness (QED) is 0.639. The molecule has 0 atom stereocenters. The zero-order valence-corrected chi connectivity index (χ0v) is 13.2. The first-order valence-corrected chi connectivity index (χ1v) is 6.85. The fourth-order valence-corrected chi connectivity index (χ4v) is 4.03. The highest BCUT2D eigenvalue weighted by molar-refractivity contribution is 7.10. The van der Waals surface area contributed by atoms with Crippen LogP contribution in [0.2, 0.25) is 10.6 Å². The number of nitrogens with zero attached hydrogens (tertiary/aromatic N) is 2. The molecule has 1 aromatic heterocycles. The van der Waals surface area contributed by atoms with Crippen LogP contribution in [0.25, 0.3) is 0 Å². The molecule has 0 unspecified atom stereocenters. The summed E-state index contributed by atoms with van der Waals surface area (Å²) in [5, 5.41) is 0.594. The highest BCUT2D eigenvalue weighted by Gasteiger charge is 2.46. The van der Waals surface area contributed by atoms with Crippen LogP contribution in [0.15, 0.2) is 0 Å². The van der Waals surface area contributed by atoms with E-state index in [0.29, 0.717) is 17.5 Å². The Hall–Kier alpha value is -0.115. The van der Waals surface area contributed by atoms with Crippen LogP contribution in [0.5, 0.6) is 0 Å². The van der Waals surface area contributed by atoms with Crippen molar-refractivity contribution in [3.05, 3.63) is 0 Å². The zero-order chi connectivity index (χ0) is 12.9. The lowest BCUT2D eigenvalue weighted by Gasteiger charge is -2.35. The van der Waals surface area contributed by atoms with Crippen molar-refractivity contribution in [1.29, 1.82) is 0 Å². The molecule has 94 valence electrons. The maximum absolute atomic E-state index is 2.46. The molecular formula is C12H27BN2S. The van der Waals surface area contributed by atoms with Gasteiger partial charge in [0.05, 0.1) is 5.54 Å². The van der Waals surface area contributed by atoms with Gasteiger partial charge in [-0.2, -0.15) is 0 Å². The number of hydrogen-bond acceptors (Lipinski definition) is 1. The van der Waals surface area contributed by atoms with Gasteiger partial charge in [-0.25, -0.2) is 4.07 Å². The van der Waals surface area contributed by atoms with Crippen LogP contribution in [0.4, 0.5) is 0 Å². The molecule has 0 fully saturated rings. The van der Waals surface area contributed by atoms with Gasteiger partial charge in [0.15, 0.2) is 0 Å². The zero-order valence-electron chi connectivity index (χ0n) is 12.4. The van der Waals surface area contributed by atoms with Crippen molar-refractivity contribution in [3.63, 3.8) is 0 Å². The molecule has 0 saturated heterocycles. The predicted octanol–water partition coefficient (Wildman–Crippen LogP) is 4.55. The van der Waals surface area contributed by atoms with E-state index in [2.05, 4.69) is 70.4 Å². The highest BCUT2D eigenvalue weighted by Crippen LogP contribution is 2.45. The first kappa shape index (κ1) is 13.9. The second kappa shape index (κ2) is 3.69. The number of hydrogen-bond donors (Lipinski definition) is 0. The SMILES string of the molecule is CC(C)(C)B(n1sn1C(C)(C)C)C(C)(C)C. The Bertz CT molecular complexity index is 324. The van der Waals surface area contributed by atoms with Gasteiger partial charge in [0.2, 0.25) is 0 Å². The van der Waals surface area contributed by atoms with E-state index in [1.165, 1.54) is 0 Å². The van der Waals surface area contributed by atoms with Gasteiger partial charge in [-0.05, 0) is 31.4 Å². The highest BCUT2D eigenvalue weighted by atomic mass is 32.1. The molecule has 0 bridgehead atoms. The van der Waals surface area contributed by atoms with E-state index in [1.807, 2.05) is 11.7 Å². The van der Waals surface area contributed by atoms with E-state index in [0.717, 1.165) is 0 Å². The molecule has 0 spiro atoms. The topological polar surface area (TPSA) is 9.86 Å². The van der Waals surface area contributed by atoms with Crippen LogP contribution in [-0.4, -0.2) is 14.9 Å². The molecule has 4 heteroatoms. The standard InChI is InChI=1S/C12H27BN2S/c1-10(2,3)13(11(4,5)6)15-14(16-15)12(7,8)9/h1-9H3. The van der Waals surface area contributed by atoms with Crippen molar-refractivity contribution in [1.82, 2.24) is 8.05 Å². The molecule has 1 rings (SSSR count). The molecule has 0 aliphatic rings. The Morgan fingerprint density at radius 1 is 0.750 bits per heavy atom. The number of aromatic nitrogens is 2. The maximum Gasteiger partial charge on any atom is 0.310 e. The third-order valence-electron chi connectivity index (χ3n) is 2.75. The Morgan fingerprint density at radius 2 is 1.12 bits per heavy atom. The minimum absolute atomic E-state index is 0.222. The monoisotopic (exact) mass is 242 g/mol. The first-order chi connectivity index (χ1) is 6.85. The van der Waals surface area contributed by atoms with Gasteiger partial charge in [-0.15, -0.1) is 0 Å². The molecule has 0 amide bonds. The van der Waals surface area contributed by atoms with Crippen LogP contribution in [0.1, 0.15) is 62.3 Å². The summed E-state index contributed by atoms with van der Waals surface area (Å²) in [6.07, 6.45) is 0. The normalized spacial score (nSPS) is 14.6. The van der Waals surface area contributed by atoms with Crippen molar-refractivity contribution in [2.75, 3.05) is 0 Å². The van der Waals surface area contributed by atoms with Crippen molar-refractivity contribution >= 4 is 18.6 Å². The van der Waals surface area contributed by atoms with Gasteiger partial charge in [-0.3, -0.25) is 3.98 Å². The van der Waals surface area contributed by atoms with E-state index < -0.39 is 0 Å². The summed E-state index contributed by atoms with van der Waals surface area (Å²) in [5.74, 6) is 0. The van der Waals surface area contributed by atoms with Crippen molar-refractivity contribution in [2.24, 2.45) is 0 Å². The van der Waals surface area contributed by atoms with Gasteiger partial charge >= 0.3 is 6.85 Å². The Labute approximate surface area is 105 Å². The fourth-order valence-electron chi connectivity index (χ4n) is 2.59. The second-order valence-corrected chi connectivity index (χ2v) is 8.85. The summed E-state index contributed by atoms with van der Waals surface area (Å²) in [6, 6.07) is 0. The molecule has 1 heterocycles. The molecule has 0 aliphatic heterocycles. The van der Waals surface area contributed by atoms with E-state index in [9.17, 15) is 0 Å². The van der Waals surface area contributed by atoms with E-state index in [-0.39, 0.29) is 5.54 Å². The molecule has 0 N–H and O–H groups in total. The summed E-state index contributed by atoms with van der Waals surface area (Å²) < 4.78 is 4.86. The lowest BCUT2D eigenvalue weighted by molar-refractivity contribution is 0.400. The summed E-state index contributed by atoms with van der Waals surface area (Å²) in [5.41, 5.74) is 0.222. The first-order valence-electron chi connectivity index (χ1n) is 6.12. The van der Waals surface area contributed by atoms with Gasteiger partial charge in [0.1, 0.15) is 0 Å². The van der Waals surface area contributed by atoms with Crippen molar-refractivity contribution in [3.8, 4) is 0 Å². The lowest BCUT2D eigenvalue weighted by atomic mass is 9.32. The van der Waals surface area contributed by atoms with Crippen LogP contribution in [0.3, 0.4) is 0 Å². The van der Waals surface area contributed by atoms with E-state index in [4.69, 9.17) is 0 Å². The fraction of sp³-hybridized carbons (Fsp3) is 1.00. The van der Waals surface area contributed by atoms with Crippen molar-refractivity contribution < 1.29 is 0 Å². The average Bonchev–Trinajstić information content (AvgIpc) is 2.57. The average molecular weight is 242 g/mol. The van der Waals surface area contributed by atoms with E-state index >= 15 is 0 Å². The molecule has 0 aliphatic carbocycles. The molecule has 0 saturated carbocycles. The van der Waals surface area contributed by atoms with Gasteiger partial charge in [-0.1, -0.05) is 41.5 Å². The van der Waals surface area contributed by atoms with Crippen LogP contribution in [-0.2, 0) is 5.54 Å². The van der Waals surface area contributed by atoms with Crippen LogP contribution in [0, 0.1) is 0 Å². The molecule has 1 aromatic rings. The van der Waals surface area contributed by atoms with Gasteiger partial charge in [0, 0.05) is 11.7 Å². The molecule has 16 heavy (non-hydrogen) atoms. The number of rotatable bonds is 1. The summed E-state index contributed by atoms with van der Waals surface area (Å²) in [7, 11) is 0. The minimum Gasteiger partial charge on any atom is -0.262 e. The molecule has 0 aromatic carbocycles.